The molecule has 0 atom stereocenters. The molecule has 3 aromatic rings. The molecule has 3 nitrogen and oxygen atoms in total. The molecule has 1 aromatic heterocycles. The summed E-state index contributed by atoms with van der Waals surface area (Å²) in [4.78, 5) is 9.33. The second-order valence-corrected chi connectivity index (χ2v) is 7.01. The second-order valence-electron chi connectivity index (χ2n) is 6.14. The molecule has 1 fully saturated rings. The standard InChI is InChI=1S/C20H21N3S/c1-2-4-18(5-3-1)19-8-6-17(7-9-19)16-22-11-13-23(14-12-22)20-21-10-15-24-20/h1-10,15H,11-14,16H2. The summed E-state index contributed by atoms with van der Waals surface area (Å²) in [6, 6.07) is 19.5. The SMILES string of the molecule is c1ccc(-c2ccc(CN3CCN(c4nccs4)CC3)cc2)cc1. The molecule has 4 heteroatoms. The Morgan fingerprint density at radius 1 is 0.833 bits per heavy atom. The number of hydrogen-bond donors (Lipinski definition) is 0. The zero-order valence-electron chi connectivity index (χ0n) is 13.6. The lowest BCUT2D eigenvalue weighted by molar-refractivity contribution is 0.250. The Bertz CT molecular complexity index is 745. The molecule has 24 heavy (non-hydrogen) atoms. The Balaban J connectivity index is 1.35. The van der Waals surface area contributed by atoms with Crippen LogP contribution in [0.3, 0.4) is 0 Å². The first kappa shape index (κ1) is 15.4. The van der Waals surface area contributed by atoms with Gasteiger partial charge in [0.05, 0.1) is 0 Å². The van der Waals surface area contributed by atoms with Gasteiger partial charge in [-0.05, 0) is 16.7 Å². The summed E-state index contributed by atoms with van der Waals surface area (Å²) >= 11 is 1.73. The predicted octanol–water partition coefficient (Wildman–Crippen LogP) is 4.13. The Hall–Kier alpha value is -2.17. The maximum atomic E-state index is 4.41. The molecule has 1 aliphatic heterocycles. The monoisotopic (exact) mass is 335 g/mol. The first-order chi connectivity index (χ1) is 11.9. The summed E-state index contributed by atoms with van der Waals surface area (Å²) in [6.45, 7) is 5.35. The first-order valence-electron chi connectivity index (χ1n) is 8.40. The van der Waals surface area contributed by atoms with E-state index < -0.39 is 0 Å². The van der Waals surface area contributed by atoms with Crippen molar-refractivity contribution in [2.24, 2.45) is 0 Å². The van der Waals surface area contributed by atoms with E-state index in [4.69, 9.17) is 0 Å². The van der Waals surface area contributed by atoms with Gasteiger partial charge in [-0.3, -0.25) is 4.90 Å². The van der Waals surface area contributed by atoms with Crippen LogP contribution in [-0.4, -0.2) is 36.1 Å². The quantitative estimate of drug-likeness (QED) is 0.714. The van der Waals surface area contributed by atoms with E-state index in [-0.39, 0.29) is 0 Å². The lowest BCUT2D eigenvalue weighted by Crippen LogP contribution is -2.45. The van der Waals surface area contributed by atoms with E-state index in [1.807, 2.05) is 6.20 Å². The largest absolute Gasteiger partial charge is 0.346 e. The highest BCUT2D eigenvalue weighted by atomic mass is 32.1. The van der Waals surface area contributed by atoms with Gasteiger partial charge in [0.15, 0.2) is 5.13 Å². The van der Waals surface area contributed by atoms with E-state index in [1.54, 1.807) is 11.3 Å². The van der Waals surface area contributed by atoms with Gasteiger partial charge in [0.1, 0.15) is 0 Å². The van der Waals surface area contributed by atoms with E-state index in [1.165, 1.54) is 16.7 Å². The number of benzene rings is 2. The number of thiazole rings is 1. The smallest absolute Gasteiger partial charge is 0.185 e. The number of anilines is 1. The fraction of sp³-hybridized carbons (Fsp3) is 0.250. The number of aromatic nitrogens is 1. The van der Waals surface area contributed by atoms with Crippen molar-refractivity contribution in [1.29, 1.82) is 0 Å². The summed E-state index contributed by atoms with van der Waals surface area (Å²) < 4.78 is 0. The summed E-state index contributed by atoms with van der Waals surface area (Å²) in [5.41, 5.74) is 3.95. The van der Waals surface area contributed by atoms with Crippen molar-refractivity contribution < 1.29 is 0 Å². The number of rotatable bonds is 4. The minimum absolute atomic E-state index is 1.03. The number of nitrogens with zero attached hydrogens (tertiary/aromatic N) is 3. The van der Waals surface area contributed by atoms with Crippen molar-refractivity contribution in [1.82, 2.24) is 9.88 Å². The van der Waals surface area contributed by atoms with Gasteiger partial charge in [0.25, 0.3) is 0 Å². The molecule has 0 N–H and O–H groups in total. The van der Waals surface area contributed by atoms with Crippen LogP contribution in [-0.2, 0) is 6.54 Å². The predicted molar refractivity (Wildman–Crippen MR) is 101 cm³/mol. The number of hydrogen-bond acceptors (Lipinski definition) is 4. The van der Waals surface area contributed by atoms with Crippen molar-refractivity contribution in [3.63, 3.8) is 0 Å². The normalized spacial score (nSPS) is 15.6. The second kappa shape index (κ2) is 7.16. The Morgan fingerprint density at radius 2 is 1.54 bits per heavy atom. The minimum Gasteiger partial charge on any atom is -0.346 e. The van der Waals surface area contributed by atoms with Gasteiger partial charge < -0.3 is 4.90 Å². The Kier molecular flexibility index (Phi) is 4.58. The fourth-order valence-electron chi connectivity index (χ4n) is 3.16. The van der Waals surface area contributed by atoms with Crippen LogP contribution in [0.2, 0.25) is 0 Å². The molecule has 1 saturated heterocycles. The molecule has 0 bridgehead atoms. The summed E-state index contributed by atoms with van der Waals surface area (Å²) in [7, 11) is 0. The van der Waals surface area contributed by atoms with E-state index in [0.717, 1.165) is 37.9 Å². The maximum Gasteiger partial charge on any atom is 0.185 e. The van der Waals surface area contributed by atoms with Crippen LogP contribution in [0, 0.1) is 0 Å². The Labute approximate surface area is 147 Å². The molecule has 0 amide bonds. The van der Waals surface area contributed by atoms with Gasteiger partial charge >= 0.3 is 0 Å². The van der Waals surface area contributed by atoms with Crippen LogP contribution >= 0.6 is 11.3 Å². The van der Waals surface area contributed by atoms with Crippen LogP contribution in [0.1, 0.15) is 5.56 Å². The lowest BCUT2D eigenvalue weighted by Gasteiger charge is -2.34. The first-order valence-corrected chi connectivity index (χ1v) is 9.27. The van der Waals surface area contributed by atoms with Gasteiger partial charge in [-0.15, -0.1) is 11.3 Å². The van der Waals surface area contributed by atoms with Crippen LogP contribution < -0.4 is 4.90 Å². The molecule has 0 radical (unpaired) electrons. The maximum absolute atomic E-state index is 4.41. The van der Waals surface area contributed by atoms with Crippen molar-refractivity contribution in [2.75, 3.05) is 31.1 Å². The van der Waals surface area contributed by atoms with Gasteiger partial charge in [-0.2, -0.15) is 0 Å². The Morgan fingerprint density at radius 3 is 2.21 bits per heavy atom. The highest BCUT2D eigenvalue weighted by Crippen LogP contribution is 2.21. The van der Waals surface area contributed by atoms with Crippen molar-refractivity contribution in [3.05, 3.63) is 71.7 Å². The van der Waals surface area contributed by atoms with Crippen molar-refractivity contribution in [2.45, 2.75) is 6.54 Å². The average molecular weight is 335 g/mol. The molecule has 0 unspecified atom stereocenters. The van der Waals surface area contributed by atoms with Gasteiger partial charge in [0.2, 0.25) is 0 Å². The third kappa shape index (κ3) is 3.50. The average Bonchev–Trinajstić information content (AvgIpc) is 3.18. The third-order valence-electron chi connectivity index (χ3n) is 4.53. The summed E-state index contributed by atoms with van der Waals surface area (Å²) in [6.07, 6.45) is 1.89. The molecule has 122 valence electrons. The lowest BCUT2D eigenvalue weighted by atomic mass is 10.0. The topological polar surface area (TPSA) is 19.4 Å². The molecule has 0 saturated carbocycles. The molecule has 0 aliphatic carbocycles. The van der Waals surface area contributed by atoms with E-state index >= 15 is 0 Å². The highest BCUT2D eigenvalue weighted by Gasteiger charge is 2.18. The fourth-order valence-corrected chi connectivity index (χ4v) is 3.86. The highest BCUT2D eigenvalue weighted by molar-refractivity contribution is 7.13. The van der Waals surface area contributed by atoms with Gasteiger partial charge in [-0.1, -0.05) is 54.6 Å². The molecular formula is C20H21N3S. The van der Waals surface area contributed by atoms with Crippen LogP contribution in [0.15, 0.2) is 66.2 Å². The van der Waals surface area contributed by atoms with Crippen LogP contribution in [0.4, 0.5) is 5.13 Å². The number of piperazine rings is 1. The molecule has 2 aromatic carbocycles. The molecular weight excluding hydrogens is 314 g/mol. The molecule has 1 aliphatic rings. The van der Waals surface area contributed by atoms with Crippen LogP contribution in [0.25, 0.3) is 11.1 Å². The van der Waals surface area contributed by atoms with Crippen molar-refractivity contribution in [3.8, 4) is 11.1 Å². The van der Waals surface area contributed by atoms with E-state index in [9.17, 15) is 0 Å². The van der Waals surface area contributed by atoms with E-state index in [2.05, 4.69) is 74.8 Å². The molecule has 2 heterocycles. The third-order valence-corrected chi connectivity index (χ3v) is 5.36. The minimum atomic E-state index is 1.03. The molecule has 4 rings (SSSR count). The van der Waals surface area contributed by atoms with E-state index in [0.29, 0.717) is 0 Å². The zero-order chi connectivity index (χ0) is 16.2. The summed E-state index contributed by atoms with van der Waals surface area (Å²) in [5.74, 6) is 0. The van der Waals surface area contributed by atoms with Crippen molar-refractivity contribution >= 4 is 16.5 Å². The van der Waals surface area contributed by atoms with Crippen LogP contribution in [0.5, 0.6) is 0 Å². The van der Waals surface area contributed by atoms with Gasteiger partial charge in [-0.25, -0.2) is 4.98 Å². The zero-order valence-corrected chi connectivity index (χ0v) is 14.5. The summed E-state index contributed by atoms with van der Waals surface area (Å²) in [5, 5.41) is 3.21. The molecule has 0 spiro atoms. The van der Waals surface area contributed by atoms with Gasteiger partial charge in [0, 0.05) is 44.3 Å².